The second-order valence-electron chi connectivity index (χ2n) is 6.93. The molecule has 2 aromatic heterocycles. The Bertz CT molecular complexity index is 1200. The molecule has 1 unspecified atom stereocenters. The minimum atomic E-state index is -4.71. The number of aliphatic imine (C=N–C) groups is 1. The van der Waals surface area contributed by atoms with Gasteiger partial charge < -0.3 is 21.1 Å². The molecule has 2 heterocycles. The van der Waals surface area contributed by atoms with E-state index >= 15 is 0 Å². The average Bonchev–Trinajstić information content (AvgIpc) is 3.32. The predicted molar refractivity (Wildman–Crippen MR) is 131 cm³/mol. The maximum atomic E-state index is 13.0. The normalized spacial score (nSPS) is 12.6. The Morgan fingerprint density at radius 3 is 2.72 bits per heavy atom. The van der Waals surface area contributed by atoms with E-state index in [0.29, 0.717) is 17.5 Å². The van der Waals surface area contributed by atoms with Gasteiger partial charge >= 0.3 is 6.18 Å². The van der Waals surface area contributed by atoms with E-state index in [-0.39, 0.29) is 29.4 Å². The summed E-state index contributed by atoms with van der Waals surface area (Å²) in [7, 11) is 1.62. The van der Waals surface area contributed by atoms with E-state index in [9.17, 15) is 22.8 Å². The molecular formula is C22H22ClF3N6O3S. The number of thiazole rings is 1. The van der Waals surface area contributed by atoms with Crippen molar-refractivity contribution < 1.29 is 27.9 Å². The molecule has 0 aliphatic rings. The van der Waals surface area contributed by atoms with Crippen LogP contribution in [-0.4, -0.2) is 46.9 Å². The Kier molecular flexibility index (Phi) is 10.8. The van der Waals surface area contributed by atoms with Crippen LogP contribution in [0.3, 0.4) is 0 Å². The molecule has 14 heteroatoms. The summed E-state index contributed by atoms with van der Waals surface area (Å²) in [4.78, 5) is 37.1. The highest BCUT2D eigenvalue weighted by Gasteiger charge is 2.34. The number of aliphatic hydroxyl groups is 1. The lowest BCUT2D eigenvalue weighted by Gasteiger charge is -2.11. The molecule has 0 fully saturated rings. The third kappa shape index (κ3) is 8.63. The largest absolute Gasteiger partial charge is 0.418 e. The molecule has 1 atom stereocenters. The maximum absolute atomic E-state index is 13.0. The van der Waals surface area contributed by atoms with Crippen LogP contribution in [0.25, 0.3) is 0 Å². The maximum Gasteiger partial charge on any atom is 0.418 e. The lowest BCUT2D eigenvalue weighted by atomic mass is 10.2. The molecule has 0 aromatic carbocycles. The molecule has 0 saturated heterocycles. The molecule has 0 radical (unpaired) electrons. The summed E-state index contributed by atoms with van der Waals surface area (Å²) in [5.41, 5.74) is -1.03. The number of carbonyl (C=O) groups is 2. The van der Waals surface area contributed by atoms with Crippen LogP contribution < -0.4 is 16.0 Å². The fourth-order valence-electron chi connectivity index (χ4n) is 2.53. The fourth-order valence-corrected chi connectivity index (χ4v) is 3.56. The van der Waals surface area contributed by atoms with Crippen molar-refractivity contribution in [3.63, 3.8) is 0 Å². The summed E-state index contributed by atoms with van der Waals surface area (Å²) in [5, 5.41) is 16.2. The zero-order chi connectivity index (χ0) is 26.7. The smallest absolute Gasteiger partial charge is 0.395 e. The second-order valence-corrected chi connectivity index (χ2v) is 8.40. The Morgan fingerprint density at radius 2 is 2.06 bits per heavy atom. The van der Waals surface area contributed by atoms with Gasteiger partial charge in [0.15, 0.2) is 0 Å². The molecule has 0 aliphatic carbocycles. The third-order valence-corrected chi connectivity index (χ3v) is 5.67. The number of rotatable bonds is 9. The quantitative estimate of drug-likeness (QED) is 0.166. The van der Waals surface area contributed by atoms with Crippen molar-refractivity contribution in [3.8, 4) is 11.8 Å². The summed E-state index contributed by atoms with van der Waals surface area (Å²) in [6, 6.07) is 0.0295. The van der Waals surface area contributed by atoms with Crippen LogP contribution >= 0.6 is 22.9 Å². The Hall–Kier alpha value is -3.47. The van der Waals surface area contributed by atoms with Gasteiger partial charge in [-0.25, -0.2) is 15.0 Å². The van der Waals surface area contributed by atoms with Crippen LogP contribution in [0.5, 0.6) is 0 Å². The summed E-state index contributed by atoms with van der Waals surface area (Å²) < 4.78 is 39.1. The Labute approximate surface area is 213 Å². The number of alkyl halides is 3. The van der Waals surface area contributed by atoms with Gasteiger partial charge in [0.05, 0.1) is 35.8 Å². The van der Waals surface area contributed by atoms with Crippen LogP contribution in [0, 0.1) is 11.8 Å². The van der Waals surface area contributed by atoms with Crippen molar-refractivity contribution in [1.82, 2.24) is 20.6 Å². The van der Waals surface area contributed by atoms with E-state index in [0.717, 1.165) is 17.5 Å². The molecule has 192 valence electrons. The standard InChI is InChI=1S/C22H22ClF3N6O3S/c1-13(31-19(34)16(30-12-27-2)7-5-3-4-6-8-33)21-29-11-17(36-21)20(35)32-18-9-14(22(24,25)26)15(23)10-28-18/h7,9-13,33H,5-6,8H2,1-2H3,(H,27,30)(H,31,34)(H,28,32,35)/b16-7-. The van der Waals surface area contributed by atoms with E-state index in [1.165, 1.54) is 18.6 Å². The van der Waals surface area contributed by atoms with Gasteiger partial charge in [-0.3, -0.25) is 9.59 Å². The number of aromatic nitrogens is 2. The van der Waals surface area contributed by atoms with E-state index in [2.05, 4.69) is 42.8 Å². The van der Waals surface area contributed by atoms with E-state index in [1.54, 1.807) is 14.0 Å². The zero-order valence-corrected chi connectivity index (χ0v) is 20.7. The number of nitrogens with zero attached hydrogens (tertiary/aromatic N) is 3. The minimum absolute atomic E-state index is 0.0574. The number of amides is 2. The first-order valence-electron chi connectivity index (χ1n) is 10.3. The molecular weight excluding hydrogens is 521 g/mol. The van der Waals surface area contributed by atoms with Gasteiger partial charge in [0.1, 0.15) is 21.4 Å². The van der Waals surface area contributed by atoms with Gasteiger partial charge in [0.25, 0.3) is 11.8 Å². The highest BCUT2D eigenvalue weighted by Crippen LogP contribution is 2.35. The molecule has 2 aromatic rings. The third-order valence-electron chi connectivity index (χ3n) is 4.19. The number of halogens is 4. The van der Waals surface area contributed by atoms with Gasteiger partial charge in [-0.15, -0.1) is 17.3 Å². The molecule has 0 spiro atoms. The molecule has 4 N–H and O–H groups in total. The van der Waals surface area contributed by atoms with Crippen molar-refractivity contribution in [2.75, 3.05) is 19.0 Å². The molecule has 0 bridgehead atoms. The predicted octanol–water partition coefficient (Wildman–Crippen LogP) is 3.55. The summed E-state index contributed by atoms with van der Waals surface area (Å²) in [5.74, 6) is 3.97. The lowest BCUT2D eigenvalue weighted by molar-refractivity contribution is -0.137. The number of carbonyl (C=O) groups excluding carboxylic acids is 2. The van der Waals surface area contributed by atoms with Crippen molar-refractivity contribution in [2.24, 2.45) is 4.99 Å². The van der Waals surface area contributed by atoms with Crippen LogP contribution in [0.4, 0.5) is 19.0 Å². The molecule has 9 nitrogen and oxygen atoms in total. The van der Waals surface area contributed by atoms with Gasteiger partial charge in [-0.05, 0) is 19.1 Å². The molecule has 2 amide bonds. The Balaban J connectivity index is 2.09. The first kappa shape index (κ1) is 28.8. The number of anilines is 1. The number of nitrogens with one attached hydrogen (secondary N) is 3. The van der Waals surface area contributed by atoms with E-state index < -0.39 is 34.6 Å². The molecule has 0 aliphatic heterocycles. The van der Waals surface area contributed by atoms with Crippen LogP contribution in [0.2, 0.25) is 5.02 Å². The number of aliphatic hydroxyl groups excluding tert-OH is 1. The number of pyridine rings is 1. The minimum Gasteiger partial charge on any atom is -0.395 e. The van der Waals surface area contributed by atoms with Crippen LogP contribution in [-0.2, 0) is 11.0 Å². The van der Waals surface area contributed by atoms with Gasteiger partial charge in [-0.2, -0.15) is 13.2 Å². The Morgan fingerprint density at radius 1 is 1.31 bits per heavy atom. The monoisotopic (exact) mass is 542 g/mol. The fraction of sp³-hybridized carbons (Fsp3) is 0.318. The zero-order valence-electron chi connectivity index (χ0n) is 19.1. The highest BCUT2D eigenvalue weighted by atomic mass is 35.5. The summed E-state index contributed by atoms with van der Waals surface area (Å²) >= 11 is 6.49. The highest BCUT2D eigenvalue weighted by molar-refractivity contribution is 7.13. The lowest BCUT2D eigenvalue weighted by Crippen LogP contribution is -2.27. The first-order valence-corrected chi connectivity index (χ1v) is 11.5. The van der Waals surface area contributed by atoms with Crippen molar-refractivity contribution in [2.45, 2.75) is 32.0 Å². The SMILES string of the molecule is CN/C=N\C(=C/CC#CCCO)C(=O)NC(C)c1ncc(C(=O)Nc2cc(C(F)(F)F)c(Cl)cn2)s1. The van der Waals surface area contributed by atoms with Gasteiger partial charge in [-0.1, -0.05) is 17.5 Å². The van der Waals surface area contributed by atoms with E-state index in [4.69, 9.17) is 16.7 Å². The molecule has 2 rings (SSSR count). The van der Waals surface area contributed by atoms with Crippen LogP contribution in [0.1, 0.15) is 46.0 Å². The number of hydrogen-bond acceptors (Lipinski definition) is 7. The average molecular weight is 543 g/mol. The van der Waals surface area contributed by atoms with E-state index in [1.807, 2.05) is 0 Å². The number of allylic oxidation sites excluding steroid dienone is 1. The summed E-state index contributed by atoms with van der Waals surface area (Å²) in [6.45, 7) is 1.59. The van der Waals surface area contributed by atoms with Crippen molar-refractivity contribution in [1.29, 1.82) is 0 Å². The van der Waals surface area contributed by atoms with Crippen LogP contribution in [0.15, 0.2) is 35.2 Å². The van der Waals surface area contributed by atoms with Gasteiger partial charge in [0, 0.05) is 26.1 Å². The van der Waals surface area contributed by atoms with Crippen molar-refractivity contribution in [3.05, 3.63) is 50.7 Å². The molecule has 36 heavy (non-hydrogen) atoms. The number of hydrogen-bond donors (Lipinski definition) is 4. The van der Waals surface area contributed by atoms with Crippen molar-refractivity contribution >= 4 is 46.9 Å². The first-order chi connectivity index (χ1) is 17.1. The summed E-state index contributed by atoms with van der Waals surface area (Å²) in [6.07, 6.45) is 0.758. The van der Waals surface area contributed by atoms with Gasteiger partial charge in [0.2, 0.25) is 0 Å². The molecule has 0 saturated carbocycles. The second kappa shape index (κ2) is 13.6. The topological polar surface area (TPSA) is 129 Å².